The molecule has 4 heterocycles. The third-order valence-corrected chi connectivity index (χ3v) is 5.84. The molecule has 3 fully saturated rings. The van der Waals surface area contributed by atoms with E-state index < -0.39 is 0 Å². The van der Waals surface area contributed by atoms with Crippen LogP contribution in [0.4, 0.5) is 5.95 Å². The van der Waals surface area contributed by atoms with Crippen LogP contribution in [0.15, 0.2) is 18.5 Å². The summed E-state index contributed by atoms with van der Waals surface area (Å²) in [5.41, 5.74) is 0. The SMILES string of the molecule is CN1CCN(C(=O)[C@@H]2CCO[C@@H]3CCN(c4ncccn4)C[C@@H]32)CC1. The topological polar surface area (TPSA) is 61.8 Å². The van der Waals surface area contributed by atoms with Crippen molar-refractivity contribution >= 4 is 11.9 Å². The number of rotatable bonds is 2. The number of anilines is 1. The Balaban J connectivity index is 1.47. The quantitative estimate of drug-likeness (QED) is 0.777. The average molecular weight is 345 g/mol. The first kappa shape index (κ1) is 16.7. The molecule has 4 rings (SSSR count). The molecule has 136 valence electrons. The Morgan fingerprint density at radius 1 is 1.12 bits per heavy atom. The zero-order valence-corrected chi connectivity index (χ0v) is 14.9. The summed E-state index contributed by atoms with van der Waals surface area (Å²) in [6.45, 7) is 6.01. The van der Waals surface area contributed by atoms with E-state index in [4.69, 9.17) is 4.74 Å². The lowest BCUT2D eigenvalue weighted by Crippen LogP contribution is -2.56. The standard InChI is InChI=1S/C18H27N5O2/c1-21-8-10-22(11-9-21)17(24)14-4-12-25-16-3-7-23(13-15(14)16)18-19-5-2-6-20-18/h2,5-6,14-16H,3-4,7-13H2,1H3/t14-,15-,16-/m1/s1. The molecule has 0 saturated carbocycles. The van der Waals surface area contributed by atoms with Crippen LogP contribution in [0, 0.1) is 11.8 Å². The summed E-state index contributed by atoms with van der Waals surface area (Å²) in [6, 6.07) is 1.83. The number of ether oxygens (including phenoxy) is 1. The number of hydrogen-bond donors (Lipinski definition) is 0. The van der Waals surface area contributed by atoms with E-state index in [-0.39, 0.29) is 17.9 Å². The molecule has 1 aromatic heterocycles. The van der Waals surface area contributed by atoms with E-state index in [9.17, 15) is 4.79 Å². The number of fused-ring (bicyclic) bond motifs is 1. The van der Waals surface area contributed by atoms with E-state index in [1.807, 2.05) is 6.07 Å². The van der Waals surface area contributed by atoms with Gasteiger partial charge in [0.2, 0.25) is 11.9 Å². The number of hydrogen-bond acceptors (Lipinski definition) is 6. The van der Waals surface area contributed by atoms with Crippen molar-refractivity contribution in [2.45, 2.75) is 18.9 Å². The van der Waals surface area contributed by atoms with Gasteiger partial charge in [0.05, 0.1) is 6.10 Å². The number of carbonyl (C=O) groups is 1. The Labute approximate surface area is 149 Å². The molecular weight excluding hydrogens is 318 g/mol. The molecule has 0 bridgehead atoms. The highest BCUT2D eigenvalue weighted by atomic mass is 16.5. The van der Waals surface area contributed by atoms with Crippen molar-refractivity contribution in [3.63, 3.8) is 0 Å². The predicted octanol–water partition coefficient (Wildman–Crippen LogP) is 0.482. The van der Waals surface area contributed by atoms with Crippen LogP contribution in [0.1, 0.15) is 12.8 Å². The van der Waals surface area contributed by atoms with E-state index >= 15 is 0 Å². The summed E-state index contributed by atoms with van der Waals surface area (Å²) in [4.78, 5) is 28.5. The van der Waals surface area contributed by atoms with Gasteiger partial charge in [-0.1, -0.05) is 0 Å². The fourth-order valence-corrected chi connectivity index (χ4v) is 4.32. The molecule has 0 aromatic carbocycles. The van der Waals surface area contributed by atoms with Crippen molar-refractivity contribution < 1.29 is 9.53 Å². The van der Waals surface area contributed by atoms with Crippen LogP contribution < -0.4 is 4.90 Å². The van der Waals surface area contributed by atoms with Gasteiger partial charge in [0.1, 0.15) is 0 Å². The molecule has 7 nitrogen and oxygen atoms in total. The number of piperazine rings is 1. The van der Waals surface area contributed by atoms with Crippen LogP contribution in [0.5, 0.6) is 0 Å². The Morgan fingerprint density at radius 3 is 2.64 bits per heavy atom. The molecule has 3 saturated heterocycles. The van der Waals surface area contributed by atoms with Gasteiger partial charge >= 0.3 is 0 Å². The second-order valence-corrected chi connectivity index (χ2v) is 7.38. The predicted molar refractivity (Wildman–Crippen MR) is 94.3 cm³/mol. The van der Waals surface area contributed by atoms with E-state index in [2.05, 4.69) is 31.7 Å². The molecule has 0 radical (unpaired) electrons. The maximum atomic E-state index is 13.2. The van der Waals surface area contributed by atoms with Gasteiger partial charge in [0, 0.05) is 70.1 Å². The third-order valence-electron chi connectivity index (χ3n) is 5.84. The molecule has 0 N–H and O–H groups in total. The van der Waals surface area contributed by atoms with Crippen LogP contribution in [0.25, 0.3) is 0 Å². The Hall–Kier alpha value is -1.73. The highest BCUT2D eigenvalue weighted by Crippen LogP contribution is 2.35. The number of carbonyl (C=O) groups excluding carboxylic acids is 1. The number of piperidine rings is 1. The van der Waals surface area contributed by atoms with Crippen molar-refractivity contribution in [2.24, 2.45) is 11.8 Å². The number of amides is 1. The third kappa shape index (κ3) is 3.48. The fourth-order valence-electron chi connectivity index (χ4n) is 4.32. The Bertz CT molecular complexity index is 590. The first-order valence-corrected chi connectivity index (χ1v) is 9.33. The van der Waals surface area contributed by atoms with Crippen LogP contribution in [-0.4, -0.2) is 84.7 Å². The molecule has 0 aliphatic carbocycles. The van der Waals surface area contributed by atoms with Crippen molar-refractivity contribution in [3.05, 3.63) is 18.5 Å². The number of nitrogens with zero attached hydrogens (tertiary/aromatic N) is 5. The maximum Gasteiger partial charge on any atom is 0.226 e. The van der Waals surface area contributed by atoms with Crippen LogP contribution in [0.2, 0.25) is 0 Å². The summed E-state index contributed by atoms with van der Waals surface area (Å²) in [5.74, 6) is 1.38. The largest absolute Gasteiger partial charge is 0.378 e. The molecule has 0 spiro atoms. The van der Waals surface area contributed by atoms with E-state index in [1.165, 1.54) is 0 Å². The second kappa shape index (κ2) is 7.25. The smallest absolute Gasteiger partial charge is 0.226 e. The minimum absolute atomic E-state index is 0.0636. The molecule has 3 aliphatic heterocycles. The van der Waals surface area contributed by atoms with E-state index in [0.29, 0.717) is 12.5 Å². The zero-order valence-electron chi connectivity index (χ0n) is 14.9. The van der Waals surface area contributed by atoms with E-state index in [1.54, 1.807) is 12.4 Å². The van der Waals surface area contributed by atoms with Crippen LogP contribution in [-0.2, 0) is 9.53 Å². The van der Waals surface area contributed by atoms with Gasteiger partial charge in [-0.05, 0) is 26.0 Å². The lowest BCUT2D eigenvalue weighted by Gasteiger charge is -2.46. The minimum atomic E-state index is 0.0636. The minimum Gasteiger partial charge on any atom is -0.378 e. The average Bonchev–Trinajstić information content (AvgIpc) is 2.68. The van der Waals surface area contributed by atoms with Gasteiger partial charge in [-0.2, -0.15) is 0 Å². The Morgan fingerprint density at radius 2 is 1.88 bits per heavy atom. The zero-order chi connectivity index (χ0) is 17.2. The first-order chi connectivity index (χ1) is 12.2. The number of likely N-dealkylation sites (N-methyl/N-ethyl adjacent to an activating group) is 1. The molecule has 3 aliphatic rings. The van der Waals surface area contributed by atoms with Crippen molar-refractivity contribution in [1.29, 1.82) is 0 Å². The Kier molecular flexibility index (Phi) is 4.85. The van der Waals surface area contributed by atoms with Crippen molar-refractivity contribution in [2.75, 3.05) is 57.8 Å². The van der Waals surface area contributed by atoms with E-state index in [0.717, 1.165) is 58.1 Å². The normalized spacial score (nSPS) is 30.8. The molecule has 7 heteroatoms. The molecule has 1 amide bonds. The number of aromatic nitrogens is 2. The molecule has 25 heavy (non-hydrogen) atoms. The molecule has 1 aromatic rings. The highest BCUT2D eigenvalue weighted by molar-refractivity contribution is 5.79. The lowest BCUT2D eigenvalue weighted by atomic mass is 9.78. The van der Waals surface area contributed by atoms with Crippen molar-refractivity contribution in [3.8, 4) is 0 Å². The lowest BCUT2D eigenvalue weighted by molar-refractivity contribution is -0.149. The second-order valence-electron chi connectivity index (χ2n) is 7.38. The van der Waals surface area contributed by atoms with Crippen molar-refractivity contribution in [1.82, 2.24) is 19.8 Å². The van der Waals surface area contributed by atoms with Gasteiger partial charge in [-0.15, -0.1) is 0 Å². The monoisotopic (exact) mass is 345 g/mol. The van der Waals surface area contributed by atoms with Gasteiger partial charge in [0.15, 0.2) is 0 Å². The van der Waals surface area contributed by atoms with Crippen LogP contribution >= 0.6 is 0 Å². The summed E-state index contributed by atoms with van der Waals surface area (Å²) in [5, 5.41) is 0. The summed E-state index contributed by atoms with van der Waals surface area (Å²) >= 11 is 0. The summed E-state index contributed by atoms with van der Waals surface area (Å²) in [7, 11) is 2.12. The fraction of sp³-hybridized carbons (Fsp3) is 0.722. The van der Waals surface area contributed by atoms with Gasteiger partial charge < -0.3 is 19.4 Å². The maximum absolute atomic E-state index is 13.2. The van der Waals surface area contributed by atoms with Crippen LogP contribution in [0.3, 0.4) is 0 Å². The molecule has 3 atom stereocenters. The van der Waals surface area contributed by atoms with Gasteiger partial charge in [0.25, 0.3) is 0 Å². The first-order valence-electron chi connectivity index (χ1n) is 9.33. The molecular formula is C18H27N5O2. The van der Waals surface area contributed by atoms with Gasteiger partial charge in [-0.25, -0.2) is 9.97 Å². The molecule has 0 unspecified atom stereocenters. The highest BCUT2D eigenvalue weighted by Gasteiger charge is 2.43. The summed E-state index contributed by atoms with van der Waals surface area (Å²) < 4.78 is 6.00. The van der Waals surface area contributed by atoms with Gasteiger partial charge in [-0.3, -0.25) is 4.79 Å². The summed E-state index contributed by atoms with van der Waals surface area (Å²) in [6.07, 6.45) is 5.51.